The van der Waals surface area contributed by atoms with Crippen LogP contribution in [0.4, 0.5) is 10.5 Å². The highest BCUT2D eigenvalue weighted by Gasteiger charge is 2.27. The smallest absolute Gasteiger partial charge is 0.322 e. The fourth-order valence-corrected chi connectivity index (χ4v) is 3.05. The highest BCUT2D eigenvalue weighted by Crippen LogP contribution is 2.25. The summed E-state index contributed by atoms with van der Waals surface area (Å²) in [4.78, 5) is 18.7. The lowest BCUT2D eigenvalue weighted by atomic mass is 10.2. The molecule has 6 nitrogen and oxygen atoms in total. The molecule has 1 aromatic heterocycles. The quantitative estimate of drug-likeness (QED) is 0.831. The molecule has 1 unspecified atom stereocenters. The Kier molecular flexibility index (Phi) is 6.19. The zero-order valence-corrected chi connectivity index (χ0v) is 15.8. The Morgan fingerprint density at radius 2 is 2.23 bits per heavy atom. The van der Waals surface area contributed by atoms with E-state index in [1.165, 1.54) is 0 Å². The van der Waals surface area contributed by atoms with Crippen molar-refractivity contribution in [1.29, 1.82) is 0 Å². The minimum Gasteiger partial charge on any atom is -0.489 e. The normalized spacial score (nSPS) is 17.0. The van der Waals surface area contributed by atoms with Gasteiger partial charge in [-0.15, -0.1) is 0 Å². The molecule has 1 saturated heterocycles. The maximum atomic E-state index is 12.7. The Bertz CT molecular complexity index is 788. The number of ether oxygens (including phenoxy) is 1. The highest BCUT2D eigenvalue weighted by molar-refractivity contribution is 6.42. The molecule has 3 rings (SSSR count). The van der Waals surface area contributed by atoms with Crippen molar-refractivity contribution in [2.24, 2.45) is 0 Å². The van der Waals surface area contributed by atoms with Crippen LogP contribution in [0.1, 0.15) is 5.69 Å². The van der Waals surface area contributed by atoms with Crippen molar-refractivity contribution in [2.75, 3.05) is 31.6 Å². The molecule has 0 spiro atoms. The van der Waals surface area contributed by atoms with Crippen molar-refractivity contribution in [3.8, 4) is 5.75 Å². The summed E-state index contributed by atoms with van der Waals surface area (Å²) in [6, 6.07) is 8.43. The van der Waals surface area contributed by atoms with E-state index >= 15 is 0 Å². The van der Waals surface area contributed by atoms with Crippen LogP contribution in [0, 0.1) is 6.92 Å². The van der Waals surface area contributed by atoms with Crippen molar-refractivity contribution in [3.63, 3.8) is 0 Å². The number of urea groups is 1. The first kappa shape index (κ1) is 18.8. The van der Waals surface area contributed by atoms with Crippen molar-refractivity contribution >= 4 is 34.9 Å². The molecule has 26 heavy (non-hydrogen) atoms. The second kappa shape index (κ2) is 8.58. The van der Waals surface area contributed by atoms with Crippen molar-refractivity contribution in [1.82, 2.24) is 15.2 Å². The van der Waals surface area contributed by atoms with E-state index < -0.39 is 0 Å². The lowest BCUT2D eigenvalue weighted by Crippen LogP contribution is -2.57. The van der Waals surface area contributed by atoms with Gasteiger partial charge in [0.05, 0.1) is 21.8 Å². The number of carbonyl (C=O) groups excluding carboxylic acids is 1. The lowest BCUT2D eigenvalue weighted by molar-refractivity contribution is 0.132. The molecule has 2 aromatic rings. The van der Waals surface area contributed by atoms with Crippen LogP contribution in [-0.2, 0) is 0 Å². The second-order valence-electron chi connectivity index (χ2n) is 6.01. The molecule has 138 valence electrons. The SMILES string of the molecule is Cc1ncccc1OCC1CNCCN1C(=O)Nc1ccc(Cl)c(Cl)c1. The molecule has 0 bridgehead atoms. The molecule has 1 aliphatic rings. The minimum atomic E-state index is -0.193. The van der Waals surface area contributed by atoms with Crippen LogP contribution in [-0.4, -0.2) is 48.2 Å². The molecule has 0 radical (unpaired) electrons. The number of aryl methyl sites for hydroxylation is 1. The monoisotopic (exact) mass is 394 g/mol. The van der Waals surface area contributed by atoms with Crippen molar-refractivity contribution < 1.29 is 9.53 Å². The van der Waals surface area contributed by atoms with Gasteiger partial charge in [0, 0.05) is 31.5 Å². The largest absolute Gasteiger partial charge is 0.489 e. The van der Waals surface area contributed by atoms with Crippen LogP contribution < -0.4 is 15.4 Å². The summed E-state index contributed by atoms with van der Waals surface area (Å²) in [7, 11) is 0. The van der Waals surface area contributed by atoms with E-state index in [-0.39, 0.29) is 12.1 Å². The third-order valence-electron chi connectivity index (χ3n) is 4.17. The number of rotatable bonds is 4. The molecule has 1 fully saturated rings. The summed E-state index contributed by atoms with van der Waals surface area (Å²) in [5.74, 6) is 0.725. The standard InChI is InChI=1S/C18H20Cl2N4O2/c1-12-17(3-2-6-22-12)26-11-14-10-21-7-8-24(14)18(25)23-13-4-5-15(19)16(20)9-13/h2-6,9,14,21H,7-8,10-11H2,1H3,(H,23,25). The van der Waals surface area contributed by atoms with Crippen LogP contribution in [0.2, 0.25) is 10.0 Å². The molecule has 1 aromatic carbocycles. The average Bonchev–Trinajstić information content (AvgIpc) is 2.64. The average molecular weight is 395 g/mol. The lowest BCUT2D eigenvalue weighted by Gasteiger charge is -2.36. The number of hydrogen-bond acceptors (Lipinski definition) is 4. The zero-order chi connectivity index (χ0) is 18.5. The number of anilines is 1. The number of amides is 2. The maximum absolute atomic E-state index is 12.7. The molecule has 0 saturated carbocycles. The topological polar surface area (TPSA) is 66.5 Å². The predicted molar refractivity (Wildman–Crippen MR) is 103 cm³/mol. The number of benzene rings is 1. The van der Waals surface area contributed by atoms with E-state index in [4.69, 9.17) is 27.9 Å². The van der Waals surface area contributed by atoms with Gasteiger partial charge < -0.3 is 20.3 Å². The number of pyridine rings is 1. The molecular formula is C18H20Cl2N4O2. The van der Waals surface area contributed by atoms with Crippen LogP contribution in [0.25, 0.3) is 0 Å². The number of aromatic nitrogens is 1. The Morgan fingerprint density at radius 1 is 1.38 bits per heavy atom. The molecule has 2 N–H and O–H groups in total. The van der Waals surface area contributed by atoms with Gasteiger partial charge in [-0.3, -0.25) is 4.98 Å². The summed E-state index contributed by atoms with van der Waals surface area (Å²) in [6.07, 6.45) is 1.72. The molecular weight excluding hydrogens is 375 g/mol. The first-order chi connectivity index (χ1) is 12.5. The van der Waals surface area contributed by atoms with Crippen molar-refractivity contribution in [3.05, 3.63) is 52.3 Å². The van der Waals surface area contributed by atoms with Crippen LogP contribution in [0.3, 0.4) is 0 Å². The third-order valence-corrected chi connectivity index (χ3v) is 4.91. The van der Waals surface area contributed by atoms with Gasteiger partial charge in [-0.05, 0) is 37.3 Å². The molecule has 1 atom stereocenters. The number of carbonyl (C=O) groups is 1. The third kappa shape index (κ3) is 4.58. The molecule has 0 aliphatic carbocycles. The minimum absolute atomic E-state index is 0.0915. The fraction of sp³-hybridized carbons (Fsp3) is 0.333. The van der Waals surface area contributed by atoms with Gasteiger partial charge in [0.2, 0.25) is 0 Å². The van der Waals surface area contributed by atoms with E-state index in [1.54, 1.807) is 29.3 Å². The summed E-state index contributed by atoms with van der Waals surface area (Å²) < 4.78 is 5.88. The van der Waals surface area contributed by atoms with Gasteiger partial charge in [0.15, 0.2) is 0 Å². The van der Waals surface area contributed by atoms with Gasteiger partial charge in [-0.25, -0.2) is 4.79 Å². The molecule has 2 heterocycles. The predicted octanol–water partition coefficient (Wildman–Crippen LogP) is 3.58. The summed E-state index contributed by atoms with van der Waals surface area (Å²) >= 11 is 11.9. The van der Waals surface area contributed by atoms with E-state index in [1.807, 2.05) is 19.1 Å². The highest BCUT2D eigenvalue weighted by atomic mass is 35.5. The number of nitrogens with zero attached hydrogens (tertiary/aromatic N) is 2. The van der Waals surface area contributed by atoms with Gasteiger partial charge in [0.1, 0.15) is 12.4 Å². The maximum Gasteiger partial charge on any atom is 0.322 e. The summed E-state index contributed by atoms with van der Waals surface area (Å²) in [6.45, 7) is 4.26. The van der Waals surface area contributed by atoms with Crippen molar-refractivity contribution in [2.45, 2.75) is 13.0 Å². The fourth-order valence-electron chi connectivity index (χ4n) is 2.75. The van der Waals surface area contributed by atoms with E-state index in [2.05, 4.69) is 15.6 Å². The Balaban J connectivity index is 1.64. The molecule has 2 amide bonds. The van der Waals surface area contributed by atoms with Gasteiger partial charge in [-0.1, -0.05) is 23.2 Å². The summed E-state index contributed by atoms with van der Waals surface area (Å²) in [5.41, 5.74) is 1.42. The number of halogens is 2. The number of piperazine rings is 1. The Morgan fingerprint density at radius 3 is 3.00 bits per heavy atom. The Hall–Kier alpha value is -2.02. The number of hydrogen-bond donors (Lipinski definition) is 2. The van der Waals surface area contributed by atoms with E-state index in [0.717, 1.165) is 18.0 Å². The molecule has 8 heteroatoms. The van der Waals surface area contributed by atoms with Gasteiger partial charge >= 0.3 is 6.03 Å². The van der Waals surface area contributed by atoms with Gasteiger partial charge in [0.25, 0.3) is 0 Å². The molecule has 1 aliphatic heterocycles. The second-order valence-corrected chi connectivity index (χ2v) is 6.82. The Labute approximate surface area is 162 Å². The van der Waals surface area contributed by atoms with Gasteiger partial charge in [-0.2, -0.15) is 0 Å². The van der Waals surface area contributed by atoms with Crippen LogP contribution in [0.5, 0.6) is 5.75 Å². The van der Waals surface area contributed by atoms with E-state index in [9.17, 15) is 4.79 Å². The first-order valence-electron chi connectivity index (χ1n) is 8.32. The van der Waals surface area contributed by atoms with E-state index in [0.29, 0.717) is 35.4 Å². The number of nitrogens with one attached hydrogen (secondary N) is 2. The first-order valence-corrected chi connectivity index (χ1v) is 9.08. The van der Waals surface area contributed by atoms with Crippen LogP contribution in [0.15, 0.2) is 36.5 Å². The van der Waals surface area contributed by atoms with Crippen LogP contribution >= 0.6 is 23.2 Å². The zero-order valence-electron chi connectivity index (χ0n) is 14.3. The summed E-state index contributed by atoms with van der Waals surface area (Å²) in [5, 5.41) is 7.01.